The van der Waals surface area contributed by atoms with Crippen molar-refractivity contribution in [1.29, 1.82) is 0 Å². The number of aliphatic carboxylic acids is 2. The number of halogens is 2. The third kappa shape index (κ3) is 42.1. The third-order valence-electron chi connectivity index (χ3n) is 3.22. The van der Waals surface area contributed by atoms with Gasteiger partial charge in [-0.2, -0.15) is 0 Å². The van der Waals surface area contributed by atoms with E-state index in [1.807, 2.05) is 0 Å². The zero-order valence-electron chi connectivity index (χ0n) is 16.9. The van der Waals surface area contributed by atoms with Gasteiger partial charge in [-0.1, -0.05) is 0 Å². The molecule has 1 heterocycles. The van der Waals surface area contributed by atoms with Gasteiger partial charge in [0, 0.05) is 52.4 Å². The van der Waals surface area contributed by atoms with E-state index in [9.17, 15) is 9.59 Å². The zero-order chi connectivity index (χ0) is 23.8. The topological polar surface area (TPSA) is 370 Å². The van der Waals surface area contributed by atoms with Gasteiger partial charge in [0.1, 0.15) is 0 Å². The quantitative estimate of drug-likeness (QED) is 0.165. The average molecular weight is 582 g/mol. The van der Waals surface area contributed by atoms with Gasteiger partial charge in [0.2, 0.25) is 0 Å². The smallest absolute Gasteiger partial charge is 0.481 e. The Balaban J connectivity index is -0.000000170. The first kappa shape index (κ1) is 42.6. The van der Waals surface area contributed by atoms with E-state index in [1.165, 1.54) is 0 Å². The van der Waals surface area contributed by atoms with Crippen LogP contribution in [0.2, 0.25) is 0 Å². The van der Waals surface area contributed by atoms with Gasteiger partial charge in [-0.15, -0.1) is 20.5 Å². The molecule has 0 aromatic rings. The summed E-state index contributed by atoms with van der Waals surface area (Å²) in [5.41, 5.74) is 0. The molecule has 204 valence electrons. The Bertz CT molecular complexity index is 416. The van der Waals surface area contributed by atoms with Crippen molar-refractivity contribution in [2.45, 2.75) is 0 Å². The summed E-state index contributed by atoms with van der Waals surface area (Å²) < 4.78 is 67.9. The molecule has 33 heavy (non-hydrogen) atoms. The molecule has 21 heteroatoms. The normalized spacial score (nSPS) is 20.2. The van der Waals surface area contributed by atoms with Crippen molar-refractivity contribution >= 4 is 11.9 Å². The maximum absolute atomic E-state index is 11.0. The van der Waals surface area contributed by atoms with E-state index in [0.29, 0.717) is 52.4 Å². The summed E-state index contributed by atoms with van der Waals surface area (Å²) in [6, 6.07) is 0. The molecule has 1 aliphatic heterocycles. The molecule has 1 fully saturated rings. The van der Waals surface area contributed by atoms with Crippen molar-refractivity contribution < 1.29 is 105 Å². The van der Waals surface area contributed by atoms with Crippen molar-refractivity contribution in [1.82, 2.24) is 21.3 Å². The van der Waals surface area contributed by atoms with Crippen molar-refractivity contribution in [2.24, 2.45) is 11.8 Å². The van der Waals surface area contributed by atoms with Crippen LogP contribution in [0.3, 0.4) is 0 Å². The summed E-state index contributed by atoms with van der Waals surface area (Å²) in [5.74, 6) is -2.54. The van der Waals surface area contributed by atoms with Crippen LogP contribution in [-0.4, -0.2) is 85.5 Å². The second kappa shape index (κ2) is 23.2. The Kier molecular flexibility index (Phi) is 30.0. The summed E-state index contributed by atoms with van der Waals surface area (Å²) in [5, 5.41) is 30.4. The summed E-state index contributed by atoms with van der Waals surface area (Å²) in [6.45, 7) is 4.07. The maximum Gasteiger partial charge on any atom is 2.00 e. The summed E-state index contributed by atoms with van der Waals surface area (Å²) in [6.07, 6.45) is 0. The van der Waals surface area contributed by atoms with Crippen molar-refractivity contribution in [3.05, 3.63) is 0 Å². The van der Waals surface area contributed by atoms with Crippen molar-refractivity contribution in [2.75, 3.05) is 52.4 Å². The Morgan fingerprint density at radius 3 is 0.848 bits per heavy atom. The molecule has 0 atom stereocenters. The van der Waals surface area contributed by atoms with E-state index >= 15 is 0 Å². The fraction of sp³-hybridized carbons (Fsp3) is 0.833. The Hall–Kier alpha value is -0.546. The summed E-state index contributed by atoms with van der Waals surface area (Å²) in [7, 11) is -9.89. The van der Waals surface area contributed by atoms with Crippen LogP contribution in [-0.2, 0) is 26.1 Å². The van der Waals surface area contributed by atoms with Crippen molar-refractivity contribution in [3.8, 4) is 0 Å². The van der Waals surface area contributed by atoms with Crippen LogP contribution in [0, 0.1) is 32.3 Å². The SMILES string of the molecule is O.O.O=C(O)C1CNCCNCC(C(=O)O)CNCCNC1.[Ni+2].[O-][Cl+3]([O-])([O-])[O-].[O-][Cl+3]([O-])([O-])[O-]. The van der Waals surface area contributed by atoms with Gasteiger partial charge in [0.15, 0.2) is 0 Å². The number of carboxylic acids is 2. The standard InChI is InChI=1S/C12H24N4O4.2ClHO4.Ni.2H2O/c17-11(18)9-5-13-1-2-14-6-10(12(19)20)8-16-4-3-15-7-9;2*2-1(3,4)5;;;/h9-10,13-16H,1-8H2,(H,17,18)(H,19,20);2*(H,2,3,4,5);;2*1H2/q;;;+2;;/p-2. The number of nitrogens with one attached hydrogen (secondary N) is 4. The van der Waals surface area contributed by atoms with Crippen LogP contribution in [0.25, 0.3) is 0 Å². The molecule has 0 bridgehead atoms. The van der Waals surface area contributed by atoms with Crippen molar-refractivity contribution in [3.63, 3.8) is 0 Å². The van der Waals surface area contributed by atoms with Gasteiger partial charge in [-0.3, -0.25) is 9.59 Å². The second-order valence-electron chi connectivity index (χ2n) is 5.64. The van der Waals surface area contributed by atoms with Gasteiger partial charge >= 0.3 is 28.4 Å². The van der Waals surface area contributed by atoms with Gasteiger partial charge in [-0.05, 0) is 0 Å². The first-order valence-electron chi connectivity index (χ1n) is 8.13. The molecule has 1 saturated heterocycles. The van der Waals surface area contributed by atoms with Gasteiger partial charge in [0.25, 0.3) is 0 Å². The van der Waals surface area contributed by atoms with E-state index < -0.39 is 44.3 Å². The molecule has 1 aliphatic rings. The minimum absolute atomic E-state index is 0. The zero-order valence-corrected chi connectivity index (χ0v) is 19.4. The van der Waals surface area contributed by atoms with Crippen LogP contribution >= 0.6 is 0 Å². The van der Waals surface area contributed by atoms with E-state index in [1.54, 1.807) is 0 Å². The molecule has 0 spiro atoms. The minimum atomic E-state index is -4.94. The number of hydrogen-bond acceptors (Lipinski definition) is 14. The Labute approximate surface area is 202 Å². The molecule has 0 saturated carbocycles. The fourth-order valence-corrected chi connectivity index (χ4v) is 1.95. The van der Waals surface area contributed by atoms with Gasteiger partial charge in [-0.25, -0.2) is 37.3 Å². The molecule has 0 unspecified atom stereocenters. The molecule has 0 amide bonds. The molecule has 18 nitrogen and oxygen atoms in total. The first-order chi connectivity index (χ1) is 13.6. The predicted octanol–water partition coefficient (Wildman–Crippen LogP) is -13.4. The van der Waals surface area contributed by atoms with E-state index in [-0.39, 0.29) is 27.4 Å². The molecule has 0 aromatic heterocycles. The van der Waals surface area contributed by atoms with E-state index in [4.69, 9.17) is 47.5 Å². The maximum atomic E-state index is 11.0. The predicted molar refractivity (Wildman–Crippen MR) is 81.0 cm³/mol. The van der Waals surface area contributed by atoms with Crippen LogP contribution < -0.4 is 58.5 Å². The monoisotopic (exact) mass is 580 g/mol. The average Bonchev–Trinajstić information content (AvgIpc) is 2.53. The summed E-state index contributed by atoms with van der Waals surface area (Å²) >= 11 is 0. The molecular formula is C12H28Cl2N4NiO14. The van der Waals surface area contributed by atoms with Crippen LogP contribution in [0.15, 0.2) is 0 Å². The molecular weight excluding hydrogens is 554 g/mol. The Morgan fingerprint density at radius 2 is 0.727 bits per heavy atom. The molecule has 10 N–H and O–H groups in total. The summed E-state index contributed by atoms with van der Waals surface area (Å²) in [4.78, 5) is 22.1. The largest absolute Gasteiger partial charge is 2.00 e. The Morgan fingerprint density at radius 1 is 0.576 bits per heavy atom. The number of carbonyl (C=O) groups is 2. The van der Waals surface area contributed by atoms with Gasteiger partial charge < -0.3 is 42.4 Å². The van der Waals surface area contributed by atoms with Crippen LogP contribution in [0.1, 0.15) is 0 Å². The minimum Gasteiger partial charge on any atom is -0.481 e. The third-order valence-corrected chi connectivity index (χ3v) is 3.22. The fourth-order valence-electron chi connectivity index (χ4n) is 1.95. The number of carboxylic acid groups (broad SMARTS) is 2. The number of hydrogen-bond donors (Lipinski definition) is 6. The van der Waals surface area contributed by atoms with Gasteiger partial charge in [0.05, 0.1) is 11.8 Å². The van der Waals surface area contributed by atoms with E-state index in [0.717, 1.165) is 0 Å². The van der Waals surface area contributed by atoms with Crippen LogP contribution in [0.5, 0.6) is 0 Å². The first-order valence-corrected chi connectivity index (χ1v) is 10.6. The van der Waals surface area contributed by atoms with E-state index in [2.05, 4.69) is 21.3 Å². The van der Waals surface area contributed by atoms with Crippen LogP contribution in [0.4, 0.5) is 0 Å². The molecule has 0 aromatic carbocycles. The molecule has 0 aliphatic carbocycles. The number of rotatable bonds is 2. The molecule has 1 rings (SSSR count). The second-order valence-corrected chi connectivity index (χ2v) is 7.15. The molecule has 0 radical (unpaired) electrons.